The van der Waals surface area contributed by atoms with Crippen molar-refractivity contribution < 1.29 is 19.7 Å². The molecule has 0 aliphatic carbocycles. The van der Waals surface area contributed by atoms with Gasteiger partial charge in [0.1, 0.15) is 0 Å². The molecule has 1 aliphatic heterocycles. The number of phenolic OH excluding ortho intramolecular Hbond substituents is 1. The molecule has 22 heavy (non-hydrogen) atoms. The second-order valence-corrected chi connectivity index (χ2v) is 5.33. The van der Waals surface area contributed by atoms with E-state index in [1.165, 1.54) is 13.2 Å². The number of methoxy groups -OCH3 is 1. The van der Waals surface area contributed by atoms with Crippen LogP contribution in [0.1, 0.15) is 17.0 Å². The quantitative estimate of drug-likeness (QED) is 0.802. The molecule has 3 N–H and O–H groups in total. The van der Waals surface area contributed by atoms with E-state index in [2.05, 4.69) is 5.32 Å². The summed E-state index contributed by atoms with van der Waals surface area (Å²) in [4.78, 5) is 12.3. The first-order valence-corrected chi connectivity index (χ1v) is 7.00. The molecule has 0 aromatic heterocycles. The smallest absolute Gasteiger partial charge is 0.257 e. The fraction of sp³-hybridized carbons (Fsp3) is 0.235. The Hall–Kier alpha value is -2.53. The summed E-state index contributed by atoms with van der Waals surface area (Å²) < 4.78 is 5.11. The van der Waals surface area contributed by atoms with Gasteiger partial charge in [0, 0.05) is 12.5 Å². The average molecular weight is 299 g/mol. The molecule has 1 fully saturated rings. The Labute approximate surface area is 128 Å². The molecule has 114 valence electrons. The van der Waals surface area contributed by atoms with Crippen LogP contribution in [0.2, 0.25) is 0 Å². The van der Waals surface area contributed by atoms with Crippen molar-refractivity contribution in [2.75, 3.05) is 13.7 Å². The van der Waals surface area contributed by atoms with Crippen molar-refractivity contribution in [3.63, 3.8) is 0 Å². The summed E-state index contributed by atoms with van der Waals surface area (Å²) >= 11 is 0. The van der Waals surface area contributed by atoms with E-state index in [0.29, 0.717) is 17.9 Å². The molecule has 0 unspecified atom stereocenters. The van der Waals surface area contributed by atoms with Gasteiger partial charge in [-0.2, -0.15) is 0 Å². The van der Waals surface area contributed by atoms with Crippen LogP contribution < -0.4 is 10.1 Å². The number of amides is 1. The topological polar surface area (TPSA) is 78.8 Å². The van der Waals surface area contributed by atoms with Crippen molar-refractivity contribution in [2.24, 2.45) is 0 Å². The number of benzene rings is 2. The van der Waals surface area contributed by atoms with Crippen LogP contribution in [0.25, 0.3) is 0 Å². The average Bonchev–Trinajstić information content (AvgIpc) is 2.86. The minimum Gasteiger partial charge on any atom is -0.504 e. The van der Waals surface area contributed by atoms with E-state index in [1.807, 2.05) is 6.07 Å². The van der Waals surface area contributed by atoms with Crippen LogP contribution in [0.15, 0.2) is 48.5 Å². The Morgan fingerprint density at radius 3 is 2.64 bits per heavy atom. The Morgan fingerprint density at radius 1 is 1.23 bits per heavy atom. The first-order valence-electron chi connectivity index (χ1n) is 7.00. The van der Waals surface area contributed by atoms with Crippen molar-refractivity contribution in [3.8, 4) is 11.5 Å². The van der Waals surface area contributed by atoms with Crippen LogP contribution in [-0.2, 0) is 10.4 Å². The minimum absolute atomic E-state index is 0.0202. The van der Waals surface area contributed by atoms with Gasteiger partial charge in [-0.1, -0.05) is 36.4 Å². The SMILES string of the molecule is COc1cc([C@@H]2CNC(=O)[C@@]2(O)c2ccccc2)ccc1O. The number of aliphatic hydroxyl groups is 1. The summed E-state index contributed by atoms with van der Waals surface area (Å²) in [6, 6.07) is 13.7. The van der Waals surface area contributed by atoms with Crippen molar-refractivity contribution in [1.29, 1.82) is 0 Å². The van der Waals surface area contributed by atoms with Crippen LogP contribution in [0, 0.1) is 0 Å². The predicted molar refractivity (Wildman–Crippen MR) is 80.7 cm³/mol. The fourth-order valence-electron chi connectivity index (χ4n) is 2.93. The molecule has 2 aromatic carbocycles. The zero-order valence-corrected chi connectivity index (χ0v) is 12.1. The summed E-state index contributed by atoms with van der Waals surface area (Å²) in [7, 11) is 1.46. The molecule has 1 aliphatic rings. The van der Waals surface area contributed by atoms with Crippen LogP contribution >= 0.6 is 0 Å². The Morgan fingerprint density at radius 2 is 1.95 bits per heavy atom. The highest BCUT2D eigenvalue weighted by Crippen LogP contribution is 2.42. The standard InChI is InChI=1S/C17H17NO4/c1-22-15-9-11(7-8-14(15)19)13-10-18-16(20)17(13,21)12-5-3-2-4-6-12/h2-9,13,19,21H,10H2,1H3,(H,18,20)/t13-,17+/m0/s1. The number of carbonyl (C=O) groups is 1. The van der Waals surface area contributed by atoms with Crippen molar-refractivity contribution in [2.45, 2.75) is 11.5 Å². The monoisotopic (exact) mass is 299 g/mol. The van der Waals surface area contributed by atoms with Gasteiger partial charge in [-0.15, -0.1) is 0 Å². The van der Waals surface area contributed by atoms with Crippen molar-refractivity contribution in [1.82, 2.24) is 5.32 Å². The number of aromatic hydroxyl groups is 1. The Bertz CT molecular complexity index is 701. The minimum atomic E-state index is -1.64. The van der Waals surface area contributed by atoms with E-state index in [1.54, 1.807) is 36.4 Å². The van der Waals surface area contributed by atoms with Gasteiger partial charge in [0.05, 0.1) is 7.11 Å². The van der Waals surface area contributed by atoms with E-state index in [-0.39, 0.29) is 5.75 Å². The van der Waals surface area contributed by atoms with Gasteiger partial charge in [-0.25, -0.2) is 0 Å². The van der Waals surface area contributed by atoms with Crippen LogP contribution in [-0.4, -0.2) is 29.8 Å². The normalized spacial score (nSPS) is 24.1. The first kappa shape index (κ1) is 14.4. The molecular weight excluding hydrogens is 282 g/mol. The van der Waals surface area contributed by atoms with Crippen LogP contribution in [0.3, 0.4) is 0 Å². The molecule has 0 radical (unpaired) electrons. The summed E-state index contributed by atoms with van der Waals surface area (Å²) in [5.41, 5.74) is -0.370. The molecule has 0 spiro atoms. The molecule has 5 nitrogen and oxygen atoms in total. The van der Waals surface area contributed by atoms with Gasteiger partial charge in [-0.3, -0.25) is 4.79 Å². The molecule has 1 amide bonds. The number of hydrogen-bond donors (Lipinski definition) is 3. The van der Waals surface area contributed by atoms with E-state index in [0.717, 1.165) is 5.56 Å². The van der Waals surface area contributed by atoms with Gasteiger partial charge in [0.25, 0.3) is 5.91 Å². The zero-order chi connectivity index (χ0) is 15.7. The highest BCUT2D eigenvalue weighted by molar-refractivity contribution is 5.90. The fourth-order valence-corrected chi connectivity index (χ4v) is 2.93. The van der Waals surface area contributed by atoms with Gasteiger partial charge in [-0.05, 0) is 23.3 Å². The maximum Gasteiger partial charge on any atom is 0.257 e. The third-order valence-electron chi connectivity index (χ3n) is 4.14. The van der Waals surface area contributed by atoms with E-state index < -0.39 is 17.4 Å². The Kier molecular flexibility index (Phi) is 3.50. The number of phenols is 1. The lowest BCUT2D eigenvalue weighted by Gasteiger charge is -2.28. The number of nitrogens with one attached hydrogen (secondary N) is 1. The number of carbonyl (C=O) groups excluding carboxylic acids is 1. The van der Waals surface area contributed by atoms with E-state index in [9.17, 15) is 15.0 Å². The van der Waals surface area contributed by atoms with Crippen LogP contribution in [0.5, 0.6) is 11.5 Å². The number of hydrogen-bond acceptors (Lipinski definition) is 4. The largest absolute Gasteiger partial charge is 0.504 e. The second kappa shape index (κ2) is 5.35. The summed E-state index contributed by atoms with van der Waals surface area (Å²) in [5, 5.41) is 23.5. The molecule has 0 bridgehead atoms. The lowest BCUT2D eigenvalue weighted by atomic mass is 9.79. The van der Waals surface area contributed by atoms with E-state index >= 15 is 0 Å². The predicted octanol–water partition coefficient (Wildman–Crippen LogP) is 1.50. The third kappa shape index (κ3) is 2.10. The second-order valence-electron chi connectivity index (χ2n) is 5.33. The van der Waals surface area contributed by atoms with Crippen LogP contribution in [0.4, 0.5) is 0 Å². The highest BCUT2D eigenvalue weighted by atomic mass is 16.5. The van der Waals surface area contributed by atoms with Gasteiger partial charge in [0.2, 0.25) is 0 Å². The molecule has 5 heteroatoms. The van der Waals surface area contributed by atoms with Gasteiger partial charge >= 0.3 is 0 Å². The molecule has 1 heterocycles. The molecule has 2 aromatic rings. The number of ether oxygens (including phenoxy) is 1. The third-order valence-corrected chi connectivity index (χ3v) is 4.14. The summed E-state index contributed by atoms with van der Waals surface area (Å²) in [6.45, 7) is 0.318. The van der Waals surface area contributed by atoms with Gasteiger partial charge in [0.15, 0.2) is 17.1 Å². The number of rotatable bonds is 3. The lowest BCUT2D eigenvalue weighted by molar-refractivity contribution is -0.137. The molecule has 0 saturated carbocycles. The molecule has 1 saturated heterocycles. The molecular formula is C17H17NO4. The lowest BCUT2D eigenvalue weighted by Crippen LogP contribution is -2.38. The molecule has 2 atom stereocenters. The maximum absolute atomic E-state index is 12.3. The van der Waals surface area contributed by atoms with Crippen molar-refractivity contribution in [3.05, 3.63) is 59.7 Å². The zero-order valence-electron chi connectivity index (χ0n) is 12.1. The van der Waals surface area contributed by atoms with Gasteiger partial charge < -0.3 is 20.3 Å². The summed E-state index contributed by atoms with van der Waals surface area (Å²) in [5.74, 6) is -0.549. The molecule has 3 rings (SSSR count). The highest BCUT2D eigenvalue weighted by Gasteiger charge is 2.51. The summed E-state index contributed by atoms with van der Waals surface area (Å²) in [6.07, 6.45) is 0. The van der Waals surface area contributed by atoms with E-state index in [4.69, 9.17) is 4.74 Å². The van der Waals surface area contributed by atoms with Crippen molar-refractivity contribution >= 4 is 5.91 Å². The maximum atomic E-state index is 12.3. The first-order chi connectivity index (χ1) is 10.6. The Balaban J connectivity index is 2.08.